The van der Waals surface area contributed by atoms with Gasteiger partial charge in [-0.1, -0.05) is 38.5 Å². The molecule has 124 valence electrons. The van der Waals surface area contributed by atoms with Crippen LogP contribution in [0, 0.1) is 0 Å². The van der Waals surface area contributed by atoms with Crippen LogP contribution >= 0.6 is 15.5 Å². The second-order valence-corrected chi connectivity index (χ2v) is 9.18. The topological polar surface area (TPSA) is 105 Å². The van der Waals surface area contributed by atoms with Crippen molar-refractivity contribution in [3.05, 3.63) is 0 Å². The van der Waals surface area contributed by atoms with Crippen molar-refractivity contribution >= 4 is 15.5 Å². The van der Waals surface area contributed by atoms with Gasteiger partial charge in [0.25, 0.3) is 0 Å². The SMILES string of the molecule is O=P(O)(O)NP(=O)(OC1CCCCC1)OC1CCCCC1. The number of nitrogens with one attached hydrogen (secondary N) is 1. The Hall–Kier alpha value is 0.260. The Kier molecular flexibility index (Phi) is 6.45. The lowest BCUT2D eigenvalue weighted by atomic mass is 9.98. The van der Waals surface area contributed by atoms with Crippen molar-refractivity contribution in [2.75, 3.05) is 0 Å². The van der Waals surface area contributed by atoms with Crippen LogP contribution in [0.3, 0.4) is 0 Å². The summed E-state index contributed by atoms with van der Waals surface area (Å²) < 4.78 is 34.9. The first kappa shape index (κ1) is 17.6. The third-order valence-corrected chi connectivity index (χ3v) is 7.11. The highest BCUT2D eigenvalue weighted by Crippen LogP contribution is 2.56. The van der Waals surface area contributed by atoms with Crippen molar-refractivity contribution in [3.8, 4) is 0 Å². The van der Waals surface area contributed by atoms with Gasteiger partial charge in [0.05, 0.1) is 12.2 Å². The summed E-state index contributed by atoms with van der Waals surface area (Å²) in [7, 11) is -8.68. The molecule has 0 spiro atoms. The van der Waals surface area contributed by atoms with Crippen LogP contribution in [0.25, 0.3) is 0 Å². The molecule has 0 saturated heterocycles. The van der Waals surface area contributed by atoms with Crippen LogP contribution in [0.2, 0.25) is 0 Å². The highest BCUT2D eigenvalue weighted by molar-refractivity contribution is 7.66. The van der Waals surface area contributed by atoms with Crippen molar-refractivity contribution < 1.29 is 28.0 Å². The van der Waals surface area contributed by atoms with Crippen LogP contribution in [0.4, 0.5) is 0 Å². The minimum Gasteiger partial charge on any atom is -0.312 e. The second kappa shape index (κ2) is 7.69. The zero-order chi connectivity index (χ0) is 15.3. The molecule has 2 saturated carbocycles. The summed E-state index contributed by atoms with van der Waals surface area (Å²) >= 11 is 0. The smallest absolute Gasteiger partial charge is 0.312 e. The van der Waals surface area contributed by atoms with Gasteiger partial charge in [0.2, 0.25) is 0 Å². The molecule has 0 heterocycles. The van der Waals surface area contributed by atoms with Crippen LogP contribution in [-0.4, -0.2) is 22.0 Å². The molecule has 2 aliphatic rings. The molecule has 0 aromatic carbocycles. The first-order chi connectivity index (χ1) is 9.86. The molecular formula is C12H25NO6P2. The fourth-order valence-electron chi connectivity index (χ4n) is 2.97. The average molecular weight is 341 g/mol. The van der Waals surface area contributed by atoms with E-state index < -0.39 is 15.5 Å². The monoisotopic (exact) mass is 341 g/mol. The van der Waals surface area contributed by atoms with Gasteiger partial charge in [0.15, 0.2) is 0 Å². The Morgan fingerprint density at radius 2 is 1.14 bits per heavy atom. The zero-order valence-electron chi connectivity index (χ0n) is 12.1. The molecule has 2 rings (SSSR count). The van der Waals surface area contributed by atoms with Gasteiger partial charge in [0, 0.05) is 0 Å². The van der Waals surface area contributed by atoms with E-state index in [1.807, 2.05) is 0 Å². The third kappa shape index (κ3) is 6.49. The van der Waals surface area contributed by atoms with E-state index in [2.05, 4.69) is 0 Å². The maximum Gasteiger partial charge on any atom is 0.415 e. The molecule has 0 amide bonds. The van der Waals surface area contributed by atoms with Crippen LogP contribution in [0.1, 0.15) is 64.2 Å². The van der Waals surface area contributed by atoms with Crippen LogP contribution in [-0.2, 0) is 18.2 Å². The quantitative estimate of drug-likeness (QED) is 0.635. The van der Waals surface area contributed by atoms with Crippen LogP contribution in [0.5, 0.6) is 0 Å². The van der Waals surface area contributed by atoms with E-state index in [1.54, 1.807) is 4.86 Å². The van der Waals surface area contributed by atoms with Gasteiger partial charge in [-0.15, -0.1) is 4.86 Å². The Balaban J connectivity index is 2.01. The molecule has 0 radical (unpaired) electrons. The lowest BCUT2D eigenvalue weighted by molar-refractivity contribution is 0.0761. The highest BCUT2D eigenvalue weighted by atomic mass is 31.3. The summed E-state index contributed by atoms with van der Waals surface area (Å²) in [5, 5.41) is 0. The largest absolute Gasteiger partial charge is 0.415 e. The first-order valence-corrected chi connectivity index (χ1v) is 10.8. The standard InChI is InChI=1S/C12H25NO6P2/c14-20(15,16)13-21(17,18-11-7-3-1-4-8-11)19-12-9-5-2-6-10-12/h11-12H,1-10H2,(H3,13,14,15,16,17). The van der Waals surface area contributed by atoms with Crippen molar-refractivity contribution in [1.82, 2.24) is 4.86 Å². The molecule has 0 atom stereocenters. The summed E-state index contributed by atoms with van der Waals surface area (Å²) in [6.07, 6.45) is 8.62. The third-order valence-electron chi connectivity index (χ3n) is 3.93. The molecular weight excluding hydrogens is 316 g/mol. The molecule has 2 fully saturated rings. The van der Waals surface area contributed by atoms with Crippen LogP contribution < -0.4 is 4.86 Å². The molecule has 0 aromatic heterocycles. The van der Waals surface area contributed by atoms with E-state index in [0.29, 0.717) is 0 Å². The van der Waals surface area contributed by atoms with E-state index >= 15 is 0 Å². The van der Waals surface area contributed by atoms with Crippen molar-refractivity contribution in [1.29, 1.82) is 0 Å². The average Bonchev–Trinajstić information content (AvgIpc) is 2.38. The molecule has 7 nitrogen and oxygen atoms in total. The summed E-state index contributed by atoms with van der Waals surface area (Å²) in [5.74, 6) is 0. The van der Waals surface area contributed by atoms with Gasteiger partial charge in [-0.25, -0.2) is 9.13 Å². The van der Waals surface area contributed by atoms with E-state index in [0.717, 1.165) is 64.2 Å². The molecule has 0 bridgehead atoms. The maximum atomic E-state index is 12.7. The Labute approximate surface area is 125 Å². The van der Waals surface area contributed by atoms with Gasteiger partial charge < -0.3 is 9.79 Å². The summed E-state index contributed by atoms with van der Waals surface area (Å²) in [5.41, 5.74) is 0. The number of rotatable bonds is 6. The minimum atomic E-state index is -4.69. The van der Waals surface area contributed by atoms with Gasteiger partial charge >= 0.3 is 15.5 Å². The minimum absolute atomic E-state index is 0.257. The fourth-order valence-corrected chi connectivity index (χ4v) is 5.87. The van der Waals surface area contributed by atoms with Crippen LogP contribution in [0.15, 0.2) is 0 Å². The Morgan fingerprint density at radius 1 is 0.762 bits per heavy atom. The Bertz CT molecular complexity index is 390. The zero-order valence-corrected chi connectivity index (χ0v) is 13.9. The van der Waals surface area contributed by atoms with Gasteiger partial charge in [-0.3, -0.25) is 9.05 Å². The second-order valence-electron chi connectivity index (χ2n) is 5.87. The lowest BCUT2D eigenvalue weighted by Crippen LogP contribution is -2.25. The van der Waals surface area contributed by atoms with Gasteiger partial charge in [-0.05, 0) is 25.7 Å². The molecule has 0 aromatic rings. The van der Waals surface area contributed by atoms with Gasteiger partial charge in [0.1, 0.15) is 0 Å². The first-order valence-electron chi connectivity index (χ1n) is 7.68. The normalized spacial score (nSPS) is 23.3. The Morgan fingerprint density at radius 3 is 1.48 bits per heavy atom. The molecule has 2 aliphatic carbocycles. The van der Waals surface area contributed by atoms with Gasteiger partial charge in [-0.2, -0.15) is 0 Å². The fraction of sp³-hybridized carbons (Fsp3) is 1.00. The van der Waals surface area contributed by atoms with Crippen molar-refractivity contribution in [2.24, 2.45) is 0 Å². The molecule has 0 aliphatic heterocycles. The predicted molar refractivity (Wildman–Crippen MR) is 78.7 cm³/mol. The molecule has 0 unspecified atom stereocenters. The van der Waals surface area contributed by atoms with E-state index in [9.17, 15) is 9.13 Å². The molecule has 3 N–H and O–H groups in total. The summed E-state index contributed by atoms with van der Waals surface area (Å²) in [4.78, 5) is 20.0. The highest BCUT2D eigenvalue weighted by Gasteiger charge is 2.38. The molecule has 9 heteroatoms. The lowest BCUT2D eigenvalue weighted by Gasteiger charge is -2.31. The van der Waals surface area contributed by atoms with E-state index in [4.69, 9.17) is 18.8 Å². The van der Waals surface area contributed by atoms with Crippen molar-refractivity contribution in [2.45, 2.75) is 76.4 Å². The number of hydrogen-bond donors (Lipinski definition) is 3. The molecule has 21 heavy (non-hydrogen) atoms. The summed E-state index contributed by atoms with van der Waals surface area (Å²) in [6, 6.07) is 0. The summed E-state index contributed by atoms with van der Waals surface area (Å²) in [6.45, 7) is 0. The predicted octanol–water partition coefficient (Wildman–Crippen LogP) is 3.48. The van der Waals surface area contributed by atoms with Crippen molar-refractivity contribution in [3.63, 3.8) is 0 Å². The van der Waals surface area contributed by atoms with E-state index in [-0.39, 0.29) is 12.2 Å². The number of hydrogen-bond acceptors (Lipinski definition) is 4. The maximum absolute atomic E-state index is 12.7. The van der Waals surface area contributed by atoms with E-state index in [1.165, 1.54) is 0 Å².